The number of ether oxygens (including phenoxy) is 1. The second-order valence-corrected chi connectivity index (χ2v) is 5.56. The molecule has 0 spiro atoms. The number of anilines is 1. The summed E-state index contributed by atoms with van der Waals surface area (Å²) in [6.07, 6.45) is 1.83. The summed E-state index contributed by atoms with van der Waals surface area (Å²) >= 11 is 0. The van der Waals surface area contributed by atoms with E-state index >= 15 is 0 Å². The predicted molar refractivity (Wildman–Crippen MR) is 91.9 cm³/mol. The molecule has 0 saturated carbocycles. The number of fused-ring (bicyclic) bond motifs is 1. The monoisotopic (exact) mass is 306 g/mol. The second-order valence-electron chi connectivity index (χ2n) is 5.56. The van der Waals surface area contributed by atoms with E-state index in [9.17, 15) is 4.79 Å². The van der Waals surface area contributed by atoms with Crippen LogP contribution in [0.3, 0.4) is 0 Å². The molecule has 4 heteroatoms. The van der Waals surface area contributed by atoms with Gasteiger partial charge in [-0.1, -0.05) is 12.1 Å². The van der Waals surface area contributed by atoms with Crippen LogP contribution in [0.25, 0.3) is 10.9 Å². The van der Waals surface area contributed by atoms with Crippen LogP contribution in [-0.4, -0.2) is 17.0 Å². The molecule has 23 heavy (non-hydrogen) atoms. The highest BCUT2D eigenvalue weighted by atomic mass is 16.5. The second kappa shape index (κ2) is 6.48. The van der Waals surface area contributed by atoms with Crippen molar-refractivity contribution in [3.05, 3.63) is 66.4 Å². The van der Waals surface area contributed by atoms with Gasteiger partial charge in [-0.15, -0.1) is 0 Å². The van der Waals surface area contributed by atoms with E-state index in [-0.39, 0.29) is 12.0 Å². The number of carbonyl (C=O) groups excluding carboxylic acids is 1. The van der Waals surface area contributed by atoms with Crippen molar-refractivity contribution >= 4 is 22.5 Å². The molecule has 0 aliphatic carbocycles. The quantitative estimate of drug-likeness (QED) is 0.783. The molecule has 3 rings (SSSR count). The number of benzene rings is 2. The summed E-state index contributed by atoms with van der Waals surface area (Å²) in [4.78, 5) is 16.7. The molecule has 0 aliphatic heterocycles. The number of aromatic nitrogens is 1. The first kappa shape index (κ1) is 15.0. The van der Waals surface area contributed by atoms with Crippen LogP contribution in [-0.2, 0) is 0 Å². The molecule has 0 aliphatic rings. The minimum atomic E-state index is -0.155. The van der Waals surface area contributed by atoms with Crippen molar-refractivity contribution < 1.29 is 9.53 Å². The average Bonchev–Trinajstić information content (AvgIpc) is 2.54. The Hall–Kier alpha value is -2.88. The maximum absolute atomic E-state index is 12.4. The minimum absolute atomic E-state index is 0.0916. The van der Waals surface area contributed by atoms with E-state index in [0.29, 0.717) is 11.3 Å². The summed E-state index contributed by atoms with van der Waals surface area (Å²) in [5, 5.41) is 3.84. The Morgan fingerprint density at radius 1 is 1.09 bits per heavy atom. The largest absolute Gasteiger partial charge is 0.491 e. The smallest absolute Gasteiger partial charge is 0.255 e. The van der Waals surface area contributed by atoms with Crippen LogP contribution in [0.1, 0.15) is 24.2 Å². The molecule has 1 aromatic heterocycles. The first-order chi connectivity index (χ1) is 11.1. The summed E-state index contributed by atoms with van der Waals surface area (Å²) in [6, 6.07) is 16.7. The Morgan fingerprint density at radius 2 is 1.96 bits per heavy atom. The van der Waals surface area contributed by atoms with Crippen molar-refractivity contribution in [1.82, 2.24) is 4.98 Å². The van der Waals surface area contributed by atoms with E-state index in [1.165, 1.54) is 0 Å². The standard InChI is InChI=1S/C19H18N2O2/c1-13(2)23-17-7-3-6-16(12-17)21-19(22)15-8-9-18-14(11-15)5-4-10-20-18/h3-13H,1-2H3,(H,21,22). The lowest BCUT2D eigenvalue weighted by molar-refractivity contribution is 0.102. The first-order valence-corrected chi connectivity index (χ1v) is 7.55. The van der Waals surface area contributed by atoms with Gasteiger partial charge in [0.1, 0.15) is 5.75 Å². The highest BCUT2D eigenvalue weighted by molar-refractivity contribution is 6.06. The third-order valence-corrected chi connectivity index (χ3v) is 3.33. The SMILES string of the molecule is CC(C)Oc1cccc(NC(=O)c2ccc3ncccc3c2)c1. The van der Waals surface area contributed by atoms with Crippen LogP contribution in [0.4, 0.5) is 5.69 Å². The van der Waals surface area contributed by atoms with Gasteiger partial charge in [-0.05, 0) is 50.2 Å². The van der Waals surface area contributed by atoms with Crippen molar-refractivity contribution in [2.75, 3.05) is 5.32 Å². The Kier molecular flexibility index (Phi) is 4.24. The summed E-state index contributed by atoms with van der Waals surface area (Å²) in [5.41, 5.74) is 2.18. The molecule has 0 fully saturated rings. The number of rotatable bonds is 4. The third-order valence-electron chi connectivity index (χ3n) is 3.33. The molecule has 116 valence electrons. The zero-order valence-corrected chi connectivity index (χ0v) is 13.1. The van der Waals surface area contributed by atoms with Crippen molar-refractivity contribution in [2.45, 2.75) is 20.0 Å². The van der Waals surface area contributed by atoms with Gasteiger partial charge >= 0.3 is 0 Å². The number of hydrogen-bond acceptors (Lipinski definition) is 3. The number of pyridine rings is 1. The highest BCUT2D eigenvalue weighted by Crippen LogP contribution is 2.20. The molecular weight excluding hydrogens is 288 g/mol. The Morgan fingerprint density at radius 3 is 2.78 bits per heavy atom. The zero-order valence-electron chi connectivity index (χ0n) is 13.1. The third kappa shape index (κ3) is 3.66. The summed E-state index contributed by atoms with van der Waals surface area (Å²) in [7, 11) is 0. The van der Waals surface area contributed by atoms with Crippen LogP contribution in [0.2, 0.25) is 0 Å². The number of amides is 1. The fourth-order valence-electron chi connectivity index (χ4n) is 2.34. The maximum Gasteiger partial charge on any atom is 0.255 e. The van der Waals surface area contributed by atoms with Gasteiger partial charge in [0.2, 0.25) is 0 Å². The lowest BCUT2D eigenvalue weighted by Crippen LogP contribution is -2.12. The van der Waals surface area contributed by atoms with E-state index in [1.54, 1.807) is 12.3 Å². The molecule has 1 N–H and O–H groups in total. The van der Waals surface area contributed by atoms with Crippen LogP contribution in [0.5, 0.6) is 5.75 Å². The van der Waals surface area contributed by atoms with Crippen molar-refractivity contribution in [3.8, 4) is 5.75 Å². The lowest BCUT2D eigenvalue weighted by Gasteiger charge is -2.11. The van der Waals surface area contributed by atoms with E-state index < -0.39 is 0 Å². The van der Waals surface area contributed by atoms with Crippen LogP contribution < -0.4 is 10.1 Å². The topological polar surface area (TPSA) is 51.2 Å². The highest BCUT2D eigenvalue weighted by Gasteiger charge is 2.08. The van der Waals surface area contributed by atoms with Gasteiger partial charge in [-0.25, -0.2) is 0 Å². The van der Waals surface area contributed by atoms with Crippen molar-refractivity contribution in [3.63, 3.8) is 0 Å². The van der Waals surface area contributed by atoms with Gasteiger partial charge in [0.25, 0.3) is 5.91 Å². The van der Waals surface area contributed by atoms with Gasteiger partial charge in [-0.3, -0.25) is 9.78 Å². The normalized spacial score (nSPS) is 10.7. The maximum atomic E-state index is 12.4. The Bertz CT molecular complexity index is 843. The lowest BCUT2D eigenvalue weighted by atomic mass is 10.1. The van der Waals surface area contributed by atoms with E-state index in [4.69, 9.17) is 4.74 Å². The van der Waals surface area contributed by atoms with Gasteiger partial charge in [0.15, 0.2) is 0 Å². The molecule has 0 bridgehead atoms. The average molecular weight is 306 g/mol. The zero-order chi connectivity index (χ0) is 16.2. The van der Waals surface area contributed by atoms with Gasteiger partial charge in [0.05, 0.1) is 11.6 Å². The molecule has 1 amide bonds. The molecule has 2 aromatic carbocycles. The molecule has 0 saturated heterocycles. The van der Waals surface area contributed by atoms with Crippen molar-refractivity contribution in [2.24, 2.45) is 0 Å². The van der Waals surface area contributed by atoms with Gasteiger partial charge in [-0.2, -0.15) is 0 Å². The Labute approximate surface area is 135 Å². The van der Waals surface area contributed by atoms with Crippen LogP contribution in [0.15, 0.2) is 60.8 Å². The number of nitrogens with one attached hydrogen (secondary N) is 1. The molecule has 3 aromatic rings. The first-order valence-electron chi connectivity index (χ1n) is 7.55. The number of nitrogens with zero attached hydrogens (tertiary/aromatic N) is 1. The van der Waals surface area contributed by atoms with E-state index in [0.717, 1.165) is 16.7 Å². The molecule has 0 atom stereocenters. The van der Waals surface area contributed by atoms with Crippen molar-refractivity contribution in [1.29, 1.82) is 0 Å². The number of hydrogen-bond donors (Lipinski definition) is 1. The minimum Gasteiger partial charge on any atom is -0.491 e. The summed E-state index contributed by atoms with van der Waals surface area (Å²) in [5.74, 6) is 0.581. The van der Waals surface area contributed by atoms with Gasteiger partial charge in [0, 0.05) is 28.9 Å². The summed E-state index contributed by atoms with van der Waals surface area (Å²) < 4.78 is 5.64. The molecule has 4 nitrogen and oxygen atoms in total. The van der Waals surface area contributed by atoms with E-state index in [1.807, 2.05) is 62.4 Å². The molecule has 0 unspecified atom stereocenters. The summed E-state index contributed by atoms with van der Waals surface area (Å²) in [6.45, 7) is 3.93. The molecular formula is C19H18N2O2. The fourth-order valence-corrected chi connectivity index (χ4v) is 2.34. The molecule has 0 radical (unpaired) electrons. The van der Waals surface area contributed by atoms with E-state index in [2.05, 4.69) is 10.3 Å². The van der Waals surface area contributed by atoms with Gasteiger partial charge < -0.3 is 10.1 Å². The van der Waals surface area contributed by atoms with Crippen LogP contribution >= 0.6 is 0 Å². The predicted octanol–water partition coefficient (Wildman–Crippen LogP) is 4.27. The number of carbonyl (C=O) groups is 1. The fraction of sp³-hybridized carbons (Fsp3) is 0.158. The molecule has 1 heterocycles. The Balaban J connectivity index is 1.80. The van der Waals surface area contributed by atoms with Crippen LogP contribution in [0, 0.1) is 0 Å².